The van der Waals surface area contributed by atoms with Crippen molar-refractivity contribution in [1.82, 2.24) is 0 Å². The molecule has 1 aliphatic rings. The molecule has 3 heteroatoms. The van der Waals surface area contributed by atoms with E-state index >= 15 is 0 Å². The number of rotatable bonds is 0. The molecule has 70 valence electrons. The van der Waals surface area contributed by atoms with Crippen LogP contribution in [0.5, 0.6) is 0 Å². The van der Waals surface area contributed by atoms with Gasteiger partial charge in [0.1, 0.15) is 5.82 Å². The lowest BCUT2D eigenvalue weighted by Gasteiger charge is -2.24. The summed E-state index contributed by atoms with van der Waals surface area (Å²) < 4.78 is 13.2. The molecule has 0 saturated heterocycles. The number of benzene rings is 1. The molecule has 1 aromatic carbocycles. The van der Waals surface area contributed by atoms with Crippen LogP contribution in [0.2, 0.25) is 0 Å². The van der Waals surface area contributed by atoms with Gasteiger partial charge in [0, 0.05) is 13.0 Å². The van der Waals surface area contributed by atoms with Gasteiger partial charge in [0.05, 0.1) is 11.8 Å². The van der Waals surface area contributed by atoms with Gasteiger partial charge in [-0.25, -0.2) is 4.39 Å². The quantitative estimate of drug-likeness (QED) is 0.635. The number of nitrogens with one attached hydrogen (secondary N) is 1. The van der Waals surface area contributed by atoms with Gasteiger partial charge in [-0.15, -0.1) is 0 Å². The van der Waals surface area contributed by atoms with Gasteiger partial charge in [0.25, 0.3) is 0 Å². The summed E-state index contributed by atoms with van der Waals surface area (Å²) in [5.41, 5.74) is 2.49. The highest BCUT2D eigenvalue weighted by Gasteiger charge is 2.20. The lowest BCUT2D eigenvalue weighted by Crippen LogP contribution is -2.28. The Bertz CT molecular complexity index is 338. The van der Waals surface area contributed by atoms with E-state index < -0.39 is 6.10 Å². The predicted octanol–water partition coefficient (Wildman–Crippen LogP) is 1.46. The van der Waals surface area contributed by atoms with Crippen LogP contribution in [0.3, 0.4) is 0 Å². The largest absolute Gasteiger partial charge is 0.391 e. The summed E-state index contributed by atoms with van der Waals surface area (Å²) in [7, 11) is 0. The Morgan fingerprint density at radius 2 is 2.31 bits per heavy atom. The second-order valence-electron chi connectivity index (χ2n) is 3.46. The van der Waals surface area contributed by atoms with Crippen LogP contribution in [0.15, 0.2) is 12.1 Å². The van der Waals surface area contributed by atoms with Gasteiger partial charge in [-0.05, 0) is 24.1 Å². The molecule has 1 atom stereocenters. The molecule has 13 heavy (non-hydrogen) atoms. The zero-order chi connectivity index (χ0) is 9.42. The normalized spacial score (nSPS) is 20.7. The lowest BCUT2D eigenvalue weighted by molar-refractivity contribution is 0.184. The maximum atomic E-state index is 13.2. The smallest absolute Gasteiger partial charge is 0.146 e. The molecule has 0 saturated carbocycles. The van der Waals surface area contributed by atoms with Crippen LogP contribution < -0.4 is 5.32 Å². The minimum Gasteiger partial charge on any atom is -0.391 e. The molecule has 1 aromatic rings. The molecular formula is C10H12FNO. The Kier molecular flexibility index (Phi) is 1.96. The summed E-state index contributed by atoms with van der Waals surface area (Å²) in [6.45, 7) is 2.37. The van der Waals surface area contributed by atoms with Crippen LogP contribution in [0.1, 0.15) is 11.1 Å². The standard InChI is InChI=1S/C10H12FNO/c1-6-2-3-9(11)10-8(6)4-7(13)5-12-10/h2-3,7,12-13H,4-5H2,1H3. The van der Waals surface area contributed by atoms with E-state index in [1.807, 2.05) is 6.92 Å². The Morgan fingerprint density at radius 3 is 3.08 bits per heavy atom. The second-order valence-corrected chi connectivity index (χ2v) is 3.46. The van der Waals surface area contributed by atoms with Crippen LogP contribution in [0.4, 0.5) is 10.1 Å². The van der Waals surface area contributed by atoms with Gasteiger partial charge in [-0.3, -0.25) is 0 Å². The van der Waals surface area contributed by atoms with Crippen molar-refractivity contribution in [2.75, 3.05) is 11.9 Å². The van der Waals surface area contributed by atoms with Crippen LogP contribution in [-0.4, -0.2) is 17.8 Å². The van der Waals surface area contributed by atoms with Crippen molar-refractivity contribution in [1.29, 1.82) is 0 Å². The Hall–Kier alpha value is -1.09. The first kappa shape index (κ1) is 8.51. The van der Waals surface area contributed by atoms with Crippen molar-refractivity contribution >= 4 is 5.69 Å². The minimum atomic E-state index is -0.395. The molecule has 0 fully saturated rings. The second kappa shape index (κ2) is 3.00. The molecule has 2 rings (SSSR count). The summed E-state index contributed by atoms with van der Waals surface area (Å²) >= 11 is 0. The minimum absolute atomic E-state index is 0.229. The molecule has 0 bridgehead atoms. The molecular weight excluding hydrogens is 169 g/mol. The number of fused-ring (bicyclic) bond motifs is 1. The highest BCUT2D eigenvalue weighted by Crippen LogP contribution is 2.27. The van der Waals surface area contributed by atoms with Crippen LogP contribution in [0, 0.1) is 12.7 Å². The van der Waals surface area contributed by atoms with E-state index in [4.69, 9.17) is 0 Å². The van der Waals surface area contributed by atoms with Crippen LogP contribution in [-0.2, 0) is 6.42 Å². The van der Waals surface area contributed by atoms with Crippen molar-refractivity contribution in [2.24, 2.45) is 0 Å². The van der Waals surface area contributed by atoms with Gasteiger partial charge >= 0.3 is 0 Å². The number of β-amino-alcohol motifs (C(OH)–C–C–N with tert-alkyl or cyclic N) is 1. The highest BCUT2D eigenvalue weighted by atomic mass is 19.1. The van der Waals surface area contributed by atoms with Crippen molar-refractivity contribution in [3.8, 4) is 0 Å². The van der Waals surface area contributed by atoms with Gasteiger partial charge < -0.3 is 10.4 Å². The van der Waals surface area contributed by atoms with Crippen LogP contribution in [0.25, 0.3) is 0 Å². The molecule has 1 aliphatic heterocycles. The van der Waals surface area contributed by atoms with E-state index in [2.05, 4.69) is 5.32 Å². The average molecular weight is 181 g/mol. The fourth-order valence-electron chi connectivity index (χ4n) is 1.71. The number of hydrogen-bond acceptors (Lipinski definition) is 2. The third kappa shape index (κ3) is 1.40. The summed E-state index contributed by atoms with van der Waals surface area (Å²) in [4.78, 5) is 0. The van der Waals surface area contributed by atoms with E-state index in [0.29, 0.717) is 18.7 Å². The Balaban J connectivity index is 2.51. The molecule has 2 N–H and O–H groups in total. The number of aryl methyl sites for hydroxylation is 1. The molecule has 1 unspecified atom stereocenters. The van der Waals surface area contributed by atoms with Crippen molar-refractivity contribution in [3.05, 3.63) is 29.1 Å². The van der Waals surface area contributed by atoms with Crippen LogP contribution >= 0.6 is 0 Å². The van der Waals surface area contributed by atoms with E-state index in [0.717, 1.165) is 11.1 Å². The van der Waals surface area contributed by atoms with Gasteiger partial charge in [0.2, 0.25) is 0 Å². The number of aliphatic hydroxyl groups excluding tert-OH is 1. The van der Waals surface area contributed by atoms with E-state index in [1.165, 1.54) is 6.07 Å². The fourth-order valence-corrected chi connectivity index (χ4v) is 1.71. The van der Waals surface area contributed by atoms with Crippen molar-refractivity contribution in [3.63, 3.8) is 0 Å². The lowest BCUT2D eigenvalue weighted by atomic mass is 9.97. The first-order valence-corrected chi connectivity index (χ1v) is 4.38. The van der Waals surface area contributed by atoms with Gasteiger partial charge in [-0.2, -0.15) is 0 Å². The zero-order valence-electron chi connectivity index (χ0n) is 7.47. The highest BCUT2D eigenvalue weighted by molar-refractivity contribution is 5.57. The van der Waals surface area contributed by atoms with Crippen molar-refractivity contribution in [2.45, 2.75) is 19.4 Å². The van der Waals surface area contributed by atoms with E-state index in [1.54, 1.807) is 6.07 Å². The number of halogens is 1. The summed E-state index contributed by atoms with van der Waals surface area (Å²) in [5, 5.41) is 12.3. The predicted molar refractivity (Wildman–Crippen MR) is 49.3 cm³/mol. The monoisotopic (exact) mass is 181 g/mol. The maximum Gasteiger partial charge on any atom is 0.146 e. The molecule has 0 spiro atoms. The summed E-state index contributed by atoms with van der Waals surface area (Å²) in [5.74, 6) is -0.229. The third-order valence-corrected chi connectivity index (χ3v) is 2.45. The summed E-state index contributed by atoms with van der Waals surface area (Å²) in [6.07, 6.45) is 0.152. The first-order chi connectivity index (χ1) is 6.18. The van der Waals surface area contributed by atoms with Gasteiger partial charge in [-0.1, -0.05) is 6.07 Å². The fraction of sp³-hybridized carbons (Fsp3) is 0.400. The molecule has 1 heterocycles. The SMILES string of the molecule is Cc1ccc(F)c2c1CC(O)CN2. The maximum absolute atomic E-state index is 13.2. The molecule has 0 aliphatic carbocycles. The van der Waals surface area contributed by atoms with E-state index in [9.17, 15) is 9.50 Å². The number of hydrogen-bond donors (Lipinski definition) is 2. The molecule has 0 aromatic heterocycles. The topological polar surface area (TPSA) is 32.3 Å². The van der Waals surface area contributed by atoms with Gasteiger partial charge in [0.15, 0.2) is 0 Å². The number of anilines is 1. The molecule has 0 amide bonds. The first-order valence-electron chi connectivity index (χ1n) is 4.38. The van der Waals surface area contributed by atoms with Crippen molar-refractivity contribution < 1.29 is 9.50 Å². The number of aliphatic hydroxyl groups is 1. The zero-order valence-corrected chi connectivity index (χ0v) is 7.47. The molecule has 2 nitrogen and oxygen atoms in total. The Labute approximate surface area is 76.4 Å². The summed E-state index contributed by atoms with van der Waals surface area (Å²) in [6, 6.07) is 3.20. The third-order valence-electron chi connectivity index (χ3n) is 2.45. The molecule has 0 radical (unpaired) electrons. The average Bonchev–Trinajstić information content (AvgIpc) is 2.12. The Morgan fingerprint density at radius 1 is 1.54 bits per heavy atom. The van der Waals surface area contributed by atoms with E-state index in [-0.39, 0.29) is 5.82 Å².